The van der Waals surface area contributed by atoms with Gasteiger partial charge in [0.15, 0.2) is 0 Å². The maximum Gasteiger partial charge on any atom is 0.303 e. The fourth-order valence-corrected chi connectivity index (χ4v) is 3.67. The van der Waals surface area contributed by atoms with Crippen molar-refractivity contribution in [3.8, 4) is 11.8 Å². The van der Waals surface area contributed by atoms with E-state index >= 15 is 0 Å². The fourth-order valence-electron chi connectivity index (χ4n) is 3.67. The van der Waals surface area contributed by atoms with E-state index in [1.807, 2.05) is 0 Å². The van der Waals surface area contributed by atoms with Crippen molar-refractivity contribution in [1.29, 1.82) is 0 Å². The number of fused-ring (bicyclic) bond motifs is 1. The Hall–Kier alpha value is -1.65. The number of alkyl halides is 2. The highest BCUT2D eigenvalue weighted by Crippen LogP contribution is 2.45. The number of hydrogen-bond acceptors (Lipinski definition) is 4. The Bertz CT molecular complexity index is 607. The van der Waals surface area contributed by atoms with Gasteiger partial charge in [-0.1, -0.05) is 31.6 Å². The van der Waals surface area contributed by atoms with Gasteiger partial charge in [0.25, 0.3) is 5.92 Å². The SMILES string of the molecule is CCCCC[C@H](O)C#C[C@H]1[C@H](O)CC2O/C(=C\C(F)(F)CCC(=O)O)C[C@@H]21. The van der Waals surface area contributed by atoms with E-state index in [1.165, 1.54) is 0 Å². The van der Waals surface area contributed by atoms with Crippen LogP contribution in [-0.2, 0) is 9.53 Å². The fraction of sp³-hybridized carbons (Fsp3) is 0.750. The molecule has 2 fully saturated rings. The van der Waals surface area contributed by atoms with E-state index in [0.29, 0.717) is 18.9 Å². The lowest BCUT2D eigenvalue weighted by Crippen LogP contribution is -2.19. The van der Waals surface area contributed by atoms with Crippen molar-refractivity contribution >= 4 is 5.97 Å². The number of rotatable bonds is 8. The van der Waals surface area contributed by atoms with Gasteiger partial charge in [0.1, 0.15) is 12.2 Å². The summed E-state index contributed by atoms with van der Waals surface area (Å²) in [5, 5.41) is 28.7. The van der Waals surface area contributed by atoms with Gasteiger partial charge >= 0.3 is 5.97 Å². The van der Waals surface area contributed by atoms with E-state index in [9.17, 15) is 23.8 Å². The molecule has 1 saturated carbocycles. The minimum Gasteiger partial charge on any atom is -0.494 e. The summed E-state index contributed by atoms with van der Waals surface area (Å²) in [5.74, 6) is 0.700. The summed E-state index contributed by atoms with van der Waals surface area (Å²) in [6.45, 7) is 2.07. The first-order valence-electron chi connectivity index (χ1n) is 9.57. The Morgan fingerprint density at radius 3 is 2.85 bits per heavy atom. The number of aliphatic hydroxyl groups is 2. The van der Waals surface area contributed by atoms with Gasteiger partial charge in [-0.15, -0.1) is 0 Å². The molecule has 0 aromatic carbocycles. The van der Waals surface area contributed by atoms with E-state index in [1.54, 1.807) is 0 Å². The smallest absolute Gasteiger partial charge is 0.303 e. The molecule has 0 aromatic heterocycles. The van der Waals surface area contributed by atoms with Crippen molar-refractivity contribution in [2.24, 2.45) is 11.8 Å². The monoisotopic (exact) mass is 386 g/mol. The first kappa shape index (κ1) is 21.6. The molecule has 1 heterocycles. The van der Waals surface area contributed by atoms with Crippen LogP contribution in [0.25, 0.3) is 0 Å². The molecular weight excluding hydrogens is 358 g/mol. The minimum absolute atomic E-state index is 0.127. The zero-order chi connectivity index (χ0) is 20.0. The number of aliphatic carboxylic acids is 1. The van der Waals surface area contributed by atoms with Crippen LogP contribution in [0.15, 0.2) is 11.8 Å². The lowest BCUT2D eigenvalue weighted by atomic mass is 9.91. The number of ether oxygens (including phenoxy) is 1. The minimum atomic E-state index is -3.25. The molecule has 0 aromatic rings. The highest BCUT2D eigenvalue weighted by Gasteiger charge is 2.48. The van der Waals surface area contributed by atoms with Gasteiger partial charge in [-0.2, -0.15) is 0 Å². The lowest BCUT2D eigenvalue weighted by molar-refractivity contribution is -0.138. The van der Waals surface area contributed by atoms with Crippen molar-refractivity contribution in [1.82, 2.24) is 0 Å². The van der Waals surface area contributed by atoms with Gasteiger partial charge in [-0.3, -0.25) is 4.79 Å². The van der Waals surface area contributed by atoms with E-state index in [4.69, 9.17) is 9.84 Å². The van der Waals surface area contributed by atoms with Gasteiger partial charge in [0, 0.05) is 31.3 Å². The van der Waals surface area contributed by atoms with Crippen LogP contribution in [0.4, 0.5) is 8.78 Å². The van der Waals surface area contributed by atoms with E-state index in [2.05, 4.69) is 18.8 Å². The Morgan fingerprint density at radius 1 is 1.44 bits per heavy atom. The molecule has 3 N–H and O–H groups in total. The van der Waals surface area contributed by atoms with Crippen LogP contribution in [0.2, 0.25) is 0 Å². The van der Waals surface area contributed by atoms with Gasteiger partial charge in [-0.25, -0.2) is 8.78 Å². The second-order valence-corrected chi connectivity index (χ2v) is 7.42. The molecule has 2 aliphatic rings. The van der Waals surface area contributed by atoms with Gasteiger partial charge < -0.3 is 20.1 Å². The molecule has 7 heteroatoms. The molecule has 2 rings (SSSR count). The Morgan fingerprint density at radius 2 is 2.19 bits per heavy atom. The summed E-state index contributed by atoms with van der Waals surface area (Å²) in [7, 11) is 0. The standard InChI is InChI=1S/C20H28F2O5/c1-2-3-4-5-13(23)6-7-15-16-10-14(27-18(16)11-17(15)24)12-20(21,22)9-8-19(25)26/h12-13,15-18,23-24H,2-5,8-11H2,1H3,(H,25,26)/b14-12-/t13-,15+,16+,17+,18?/m0/s1. The number of carboxylic acid groups (broad SMARTS) is 1. The second kappa shape index (κ2) is 9.52. The van der Waals surface area contributed by atoms with E-state index < -0.39 is 42.9 Å². The molecular formula is C20H28F2O5. The molecule has 1 aliphatic carbocycles. The van der Waals surface area contributed by atoms with Gasteiger partial charge in [-0.05, 0) is 12.8 Å². The topological polar surface area (TPSA) is 87.0 Å². The van der Waals surface area contributed by atoms with Crippen LogP contribution in [-0.4, -0.2) is 45.5 Å². The molecule has 5 atom stereocenters. The molecule has 1 saturated heterocycles. The largest absolute Gasteiger partial charge is 0.494 e. The predicted molar refractivity (Wildman–Crippen MR) is 94.9 cm³/mol. The zero-order valence-electron chi connectivity index (χ0n) is 15.5. The first-order valence-corrected chi connectivity index (χ1v) is 9.57. The predicted octanol–water partition coefficient (Wildman–Crippen LogP) is 3.10. The summed E-state index contributed by atoms with van der Waals surface area (Å²) in [6, 6.07) is 0. The highest BCUT2D eigenvalue weighted by molar-refractivity contribution is 5.66. The number of allylic oxidation sites excluding steroid dienone is 2. The third-order valence-corrected chi connectivity index (χ3v) is 5.11. The Balaban J connectivity index is 1.97. The summed E-state index contributed by atoms with van der Waals surface area (Å²) >= 11 is 0. The third-order valence-electron chi connectivity index (χ3n) is 5.11. The van der Waals surface area contributed by atoms with Crippen LogP contribution in [0.5, 0.6) is 0 Å². The van der Waals surface area contributed by atoms with Crippen LogP contribution in [0.1, 0.15) is 58.3 Å². The number of halogens is 2. The molecule has 1 unspecified atom stereocenters. The van der Waals surface area contributed by atoms with Crippen molar-refractivity contribution in [3.05, 3.63) is 11.8 Å². The zero-order valence-corrected chi connectivity index (χ0v) is 15.5. The van der Waals surface area contributed by atoms with Crippen LogP contribution >= 0.6 is 0 Å². The molecule has 0 amide bonds. The molecule has 5 nitrogen and oxygen atoms in total. The normalized spacial score (nSPS) is 29.7. The molecule has 0 spiro atoms. The van der Waals surface area contributed by atoms with Crippen LogP contribution in [0, 0.1) is 23.7 Å². The van der Waals surface area contributed by atoms with Crippen molar-refractivity contribution in [2.75, 3.05) is 0 Å². The van der Waals surface area contributed by atoms with Crippen molar-refractivity contribution < 1.29 is 33.6 Å². The third kappa shape index (κ3) is 6.47. The number of aliphatic hydroxyl groups excluding tert-OH is 2. The maximum absolute atomic E-state index is 13.9. The second-order valence-electron chi connectivity index (χ2n) is 7.42. The van der Waals surface area contributed by atoms with Crippen LogP contribution in [0.3, 0.4) is 0 Å². The molecule has 0 bridgehead atoms. The average Bonchev–Trinajstić information content (AvgIpc) is 3.07. The number of unbranched alkanes of at least 4 members (excludes halogenated alkanes) is 2. The summed E-state index contributed by atoms with van der Waals surface area (Å²) < 4.78 is 33.3. The number of carbonyl (C=O) groups is 1. The van der Waals surface area contributed by atoms with E-state index in [0.717, 1.165) is 19.3 Å². The van der Waals surface area contributed by atoms with Crippen LogP contribution < -0.4 is 0 Å². The summed E-state index contributed by atoms with van der Waals surface area (Å²) in [6.07, 6.45) is 1.55. The highest BCUT2D eigenvalue weighted by atomic mass is 19.3. The number of hydrogen-bond donors (Lipinski definition) is 3. The maximum atomic E-state index is 13.9. The van der Waals surface area contributed by atoms with Gasteiger partial charge in [0.2, 0.25) is 0 Å². The van der Waals surface area contributed by atoms with Crippen molar-refractivity contribution in [2.45, 2.75) is 82.5 Å². The average molecular weight is 386 g/mol. The van der Waals surface area contributed by atoms with Crippen molar-refractivity contribution in [3.63, 3.8) is 0 Å². The first-order chi connectivity index (χ1) is 12.7. The number of carboxylic acids is 1. The summed E-state index contributed by atoms with van der Waals surface area (Å²) in [4.78, 5) is 10.5. The quantitative estimate of drug-likeness (QED) is 0.441. The molecule has 1 aliphatic heterocycles. The lowest BCUT2D eigenvalue weighted by Gasteiger charge is -2.14. The Kier molecular flexibility index (Phi) is 7.63. The summed E-state index contributed by atoms with van der Waals surface area (Å²) in [5.41, 5.74) is 0. The molecule has 27 heavy (non-hydrogen) atoms. The molecule has 0 radical (unpaired) electrons. The molecule has 152 valence electrons. The van der Waals surface area contributed by atoms with Gasteiger partial charge in [0.05, 0.1) is 24.2 Å². The Labute approximate surface area is 158 Å². The van der Waals surface area contributed by atoms with E-state index in [-0.39, 0.29) is 24.2 Å².